The fourth-order valence-corrected chi connectivity index (χ4v) is 3.50. The summed E-state index contributed by atoms with van der Waals surface area (Å²) in [5, 5.41) is 3.43. The minimum atomic E-state index is 0.170. The fourth-order valence-electron chi connectivity index (χ4n) is 3.50. The van der Waals surface area contributed by atoms with Crippen LogP contribution in [0.2, 0.25) is 0 Å². The van der Waals surface area contributed by atoms with E-state index in [4.69, 9.17) is 19.2 Å². The van der Waals surface area contributed by atoms with E-state index >= 15 is 0 Å². The molecule has 31 heavy (non-hydrogen) atoms. The molecule has 7 nitrogen and oxygen atoms in total. The number of pyridine rings is 1. The van der Waals surface area contributed by atoms with Crippen LogP contribution >= 0.6 is 0 Å². The van der Waals surface area contributed by atoms with E-state index in [2.05, 4.69) is 15.3 Å². The number of nitrogens with one attached hydrogen (secondary N) is 1. The number of anilines is 1. The Hall–Kier alpha value is -3.19. The molecule has 0 saturated carbocycles. The zero-order valence-corrected chi connectivity index (χ0v) is 18.2. The molecule has 1 aliphatic heterocycles. The molecule has 0 aliphatic carbocycles. The van der Waals surface area contributed by atoms with Crippen molar-refractivity contribution in [1.82, 2.24) is 15.0 Å². The van der Waals surface area contributed by atoms with Crippen molar-refractivity contribution in [2.75, 3.05) is 25.6 Å². The Balaban J connectivity index is 1.46. The van der Waals surface area contributed by atoms with Crippen molar-refractivity contribution in [2.45, 2.75) is 39.3 Å². The molecule has 1 saturated heterocycles. The molecule has 3 heterocycles. The summed E-state index contributed by atoms with van der Waals surface area (Å²) >= 11 is 0. The molecule has 7 heteroatoms. The Labute approximate surface area is 182 Å². The number of hydrogen-bond acceptors (Lipinski definition) is 7. The Morgan fingerprint density at radius 1 is 1.13 bits per heavy atom. The average molecular weight is 421 g/mol. The fraction of sp³-hybridized carbons (Fsp3) is 0.375. The van der Waals surface area contributed by atoms with Gasteiger partial charge in [-0.1, -0.05) is 12.1 Å². The van der Waals surface area contributed by atoms with Crippen LogP contribution in [0.1, 0.15) is 29.7 Å². The van der Waals surface area contributed by atoms with E-state index in [0.717, 1.165) is 53.5 Å². The number of methoxy groups -OCH3 is 1. The lowest BCUT2D eigenvalue weighted by Gasteiger charge is -2.16. The van der Waals surface area contributed by atoms with Crippen molar-refractivity contribution in [2.24, 2.45) is 0 Å². The summed E-state index contributed by atoms with van der Waals surface area (Å²) < 4.78 is 17.1. The highest BCUT2D eigenvalue weighted by molar-refractivity contribution is 5.56. The van der Waals surface area contributed by atoms with Gasteiger partial charge in [-0.05, 0) is 56.5 Å². The first-order valence-corrected chi connectivity index (χ1v) is 10.6. The van der Waals surface area contributed by atoms with Crippen molar-refractivity contribution in [1.29, 1.82) is 0 Å². The zero-order valence-electron chi connectivity index (χ0n) is 18.2. The van der Waals surface area contributed by atoms with E-state index in [9.17, 15) is 0 Å². The van der Waals surface area contributed by atoms with Crippen LogP contribution in [0.5, 0.6) is 11.5 Å². The van der Waals surface area contributed by atoms with Crippen molar-refractivity contribution >= 4 is 5.82 Å². The summed E-state index contributed by atoms with van der Waals surface area (Å²) in [7, 11) is 1.66. The molecule has 1 aromatic carbocycles. The summed E-state index contributed by atoms with van der Waals surface area (Å²) in [5.74, 6) is 2.85. The third-order valence-electron chi connectivity index (χ3n) is 5.42. The molecule has 0 amide bonds. The minimum Gasteiger partial charge on any atom is -0.493 e. The first-order valence-electron chi connectivity index (χ1n) is 10.6. The van der Waals surface area contributed by atoms with Crippen LogP contribution in [-0.4, -0.2) is 41.4 Å². The van der Waals surface area contributed by atoms with Gasteiger partial charge in [-0.15, -0.1) is 0 Å². The number of aryl methyl sites for hydroxylation is 1. The Kier molecular flexibility index (Phi) is 6.62. The summed E-state index contributed by atoms with van der Waals surface area (Å²) in [6.45, 7) is 5.96. The van der Waals surface area contributed by atoms with E-state index in [1.807, 2.05) is 50.2 Å². The van der Waals surface area contributed by atoms with Gasteiger partial charge in [-0.25, -0.2) is 9.97 Å². The summed E-state index contributed by atoms with van der Waals surface area (Å²) in [6, 6.07) is 11.7. The predicted octanol–water partition coefficient (Wildman–Crippen LogP) is 4.33. The molecule has 1 aliphatic rings. The molecule has 0 bridgehead atoms. The van der Waals surface area contributed by atoms with Gasteiger partial charge in [0.2, 0.25) is 0 Å². The number of benzene rings is 1. The molecule has 0 spiro atoms. The molecule has 2 aromatic heterocycles. The highest BCUT2D eigenvalue weighted by Gasteiger charge is 2.17. The maximum Gasteiger partial charge on any atom is 0.180 e. The number of nitrogens with zero attached hydrogens (tertiary/aromatic N) is 3. The molecule has 1 unspecified atom stereocenters. The van der Waals surface area contributed by atoms with Gasteiger partial charge >= 0.3 is 0 Å². The van der Waals surface area contributed by atoms with Crippen LogP contribution in [-0.2, 0) is 11.3 Å². The quantitative estimate of drug-likeness (QED) is 0.581. The molecular formula is C24H28N4O3. The van der Waals surface area contributed by atoms with Gasteiger partial charge in [0.25, 0.3) is 0 Å². The highest BCUT2D eigenvalue weighted by Crippen LogP contribution is 2.29. The van der Waals surface area contributed by atoms with Crippen LogP contribution < -0.4 is 14.8 Å². The topological polar surface area (TPSA) is 78.4 Å². The normalized spacial score (nSPS) is 15.6. The van der Waals surface area contributed by atoms with E-state index in [-0.39, 0.29) is 6.10 Å². The summed E-state index contributed by atoms with van der Waals surface area (Å²) in [5.41, 5.74) is 3.76. The van der Waals surface area contributed by atoms with Gasteiger partial charge in [-0.3, -0.25) is 4.98 Å². The lowest BCUT2D eigenvalue weighted by Crippen LogP contribution is -2.16. The molecule has 3 aromatic rings. The van der Waals surface area contributed by atoms with Crippen LogP contribution in [0.25, 0.3) is 11.5 Å². The lowest BCUT2D eigenvalue weighted by molar-refractivity contribution is 0.0669. The largest absolute Gasteiger partial charge is 0.493 e. The lowest BCUT2D eigenvalue weighted by atomic mass is 10.2. The standard InChI is InChI=1S/C24H28N4O3/c1-16-17(2)27-24(20-8-4-5-11-25-20)28-23(16)26-14-18-9-10-21(22(13-18)29-3)31-15-19-7-6-12-30-19/h4-5,8-11,13,19H,6-7,12,14-15H2,1-3H3,(H,26,27,28). The summed E-state index contributed by atoms with van der Waals surface area (Å²) in [6.07, 6.45) is 4.06. The van der Waals surface area contributed by atoms with Gasteiger partial charge in [0, 0.05) is 30.6 Å². The number of rotatable bonds is 8. The monoisotopic (exact) mass is 420 g/mol. The van der Waals surface area contributed by atoms with E-state index < -0.39 is 0 Å². The molecule has 162 valence electrons. The Morgan fingerprint density at radius 2 is 2.03 bits per heavy atom. The predicted molar refractivity (Wildman–Crippen MR) is 120 cm³/mol. The van der Waals surface area contributed by atoms with Crippen molar-refractivity contribution < 1.29 is 14.2 Å². The molecule has 4 rings (SSSR count). The van der Waals surface area contributed by atoms with E-state index in [0.29, 0.717) is 24.7 Å². The molecular weight excluding hydrogens is 392 g/mol. The number of ether oxygens (including phenoxy) is 3. The van der Waals surface area contributed by atoms with Gasteiger partial charge in [0.15, 0.2) is 17.3 Å². The van der Waals surface area contributed by atoms with Gasteiger partial charge in [0.05, 0.1) is 13.2 Å². The highest BCUT2D eigenvalue weighted by atomic mass is 16.5. The number of hydrogen-bond donors (Lipinski definition) is 1. The van der Waals surface area contributed by atoms with Crippen LogP contribution in [0.3, 0.4) is 0 Å². The number of aromatic nitrogens is 3. The maximum absolute atomic E-state index is 5.93. The van der Waals surface area contributed by atoms with Gasteiger partial charge in [-0.2, -0.15) is 0 Å². The smallest absolute Gasteiger partial charge is 0.180 e. The SMILES string of the molecule is COc1cc(CNc2nc(-c3ccccn3)nc(C)c2C)ccc1OCC1CCCO1. The third kappa shape index (κ3) is 5.11. The molecule has 0 radical (unpaired) electrons. The maximum atomic E-state index is 5.93. The van der Waals surface area contributed by atoms with Gasteiger partial charge < -0.3 is 19.5 Å². The van der Waals surface area contributed by atoms with E-state index in [1.54, 1.807) is 13.3 Å². The van der Waals surface area contributed by atoms with Crippen molar-refractivity contribution in [3.8, 4) is 23.0 Å². The average Bonchev–Trinajstić information content (AvgIpc) is 3.33. The van der Waals surface area contributed by atoms with Crippen LogP contribution in [0, 0.1) is 13.8 Å². The van der Waals surface area contributed by atoms with E-state index in [1.165, 1.54) is 0 Å². The van der Waals surface area contributed by atoms with Gasteiger partial charge in [0.1, 0.15) is 18.1 Å². The second-order valence-corrected chi connectivity index (χ2v) is 7.61. The first-order chi connectivity index (χ1) is 15.1. The molecule has 1 N–H and O–H groups in total. The van der Waals surface area contributed by atoms with Crippen molar-refractivity contribution in [3.05, 3.63) is 59.4 Å². The van der Waals surface area contributed by atoms with Crippen LogP contribution in [0.4, 0.5) is 5.82 Å². The first kappa shape index (κ1) is 21.1. The molecule has 1 fully saturated rings. The summed E-state index contributed by atoms with van der Waals surface area (Å²) in [4.78, 5) is 13.7. The molecule has 1 atom stereocenters. The van der Waals surface area contributed by atoms with Crippen LogP contribution in [0.15, 0.2) is 42.6 Å². The zero-order chi connectivity index (χ0) is 21.6. The van der Waals surface area contributed by atoms with Crippen molar-refractivity contribution in [3.63, 3.8) is 0 Å². The third-order valence-corrected chi connectivity index (χ3v) is 5.42. The minimum absolute atomic E-state index is 0.170. The Bertz CT molecular complexity index is 1020. The second kappa shape index (κ2) is 9.75. The second-order valence-electron chi connectivity index (χ2n) is 7.61. The Morgan fingerprint density at radius 3 is 2.77 bits per heavy atom.